The molecule has 0 aliphatic heterocycles. The second kappa shape index (κ2) is 13.7. The summed E-state index contributed by atoms with van der Waals surface area (Å²) in [7, 11) is -2.81. The van der Waals surface area contributed by atoms with Crippen LogP contribution in [0.2, 0.25) is 0 Å². The van der Waals surface area contributed by atoms with Crippen LogP contribution >= 0.6 is 7.14 Å². The molecule has 3 radical (unpaired) electrons. The van der Waals surface area contributed by atoms with E-state index in [1.54, 1.807) is 0 Å². The number of aliphatic hydroxyl groups excluding tert-OH is 2. The van der Waals surface area contributed by atoms with Gasteiger partial charge in [-0.25, -0.2) is 0 Å². The van der Waals surface area contributed by atoms with Crippen LogP contribution in [-0.2, 0) is 103 Å². The zero-order chi connectivity index (χ0) is 17.9. The molecular formula is C21H23O3PY3. The van der Waals surface area contributed by atoms with Crippen molar-refractivity contribution in [3.05, 3.63) is 84.5 Å². The van der Waals surface area contributed by atoms with Gasteiger partial charge < -0.3 is 14.8 Å². The Morgan fingerprint density at radius 1 is 0.857 bits per heavy atom. The van der Waals surface area contributed by atoms with E-state index in [0.717, 1.165) is 16.2 Å². The van der Waals surface area contributed by atoms with E-state index >= 15 is 0 Å². The summed E-state index contributed by atoms with van der Waals surface area (Å²) < 4.78 is 13.9. The molecule has 3 rings (SSSR count). The third-order valence-electron chi connectivity index (χ3n) is 4.75. The van der Waals surface area contributed by atoms with Crippen molar-refractivity contribution in [2.45, 2.75) is 25.0 Å². The van der Waals surface area contributed by atoms with E-state index in [4.69, 9.17) is 0 Å². The fourth-order valence-corrected chi connectivity index (χ4v) is 5.73. The Kier molecular flexibility index (Phi) is 14.4. The monoisotopic (exact) mass is 621 g/mol. The maximum Gasteiger partial charge on any atom is 0.146 e. The fourth-order valence-electron chi connectivity index (χ4n) is 3.19. The first kappa shape index (κ1) is 29.4. The maximum absolute atomic E-state index is 13.9. The van der Waals surface area contributed by atoms with Gasteiger partial charge in [-0.2, -0.15) is 0 Å². The quantitative estimate of drug-likeness (QED) is 0.408. The normalized spacial score (nSPS) is 18.9. The molecule has 28 heavy (non-hydrogen) atoms. The molecule has 1 aliphatic carbocycles. The van der Waals surface area contributed by atoms with Crippen LogP contribution in [0.3, 0.4) is 0 Å². The smallest absolute Gasteiger partial charge is 0.146 e. The summed E-state index contributed by atoms with van der Waals surface area (Å²) in [5.74, 6) is 0. The molecule has 3 nitrogen and oxygen atoms in total. The minimum Gasteiger partial charge on any atom is -0.388 e. The molecule has 2 N–H and O–H groups in total. The van der Waals surface area contributed by atoms with Gasteiger partial charge in [0.05, 0.1) is 12.2 Å². The van der Waals surface area contributed by atoms with E-state index in [1.165, 1.54) is 0 Å². The molecule has 2 aromatic carbocycles. The average molecular weight is 621 g/mol. The second-order valence-electron chi connectivity index (χ2n) is 6.47. The number of rotatable bonds is 4. The van der Waals surface area contributed by atoms with Crippen molar-refractivity contribution in [1.29, 1.82) is 0 Å². The Morgan fingerprint density at radius 2 is 1.25 bits per heavy atom. The van der Waals surface area contributed by atoms with Crippen molar-refractivity contribution >= 4 is 17.8 Å². The van der Waals surface area contributed by atoms with E-state index in [-0.39, 0.29) is 98.1 Å². The van der Waals surface area contributed by atoms with Crippen molar-refractivity contribution in [2.75, 3.05) is 6.16 Å². The predicted octanol–water partition coefficient (Wildman–Crippen LogP) is 2.99. The number of benzene rings is 2. The Bertz CT molecular complexity index is 766. The molecule has 0 spiro atoms. The Hall–Kier alpha value is 1.38. The van der Waals surface area contributed by atoms with E-state index in [2.05, 4.69) is 6.58 Å². The molecule has 2 atom stereocenters. The van der Waals surface area contributed by atoms with Gasteiger partial charge in [0.2, 0.25) is 0 Å². The van der Waals surface area contributed by atoms with Gasteiger partial charge in [0, 0.05) is 115 Å². The second-order valence-corrected chi connectivity index (χ2v) is 9.35. The summed E-state index contributed by atoms with van der Waals surface area (Å²) in [5.41, 5.74) is 1.39. The van der Waals surface area contributed by atoms with Crippen LogP contribution in [0, 0.1) is 0 Å². The van der Waals surface area contributed by atoms with Crippen LogP contribution in [0.4, 0.5) is 0 Å². The summed E-state index contributed by atoms with van der Waals surface area (Å²) in [4.78, 5) is 0. The van der Waals surface area contributed by atoms with Crippen LogP contribution < -0.4 is 10.6 Å². The molecule has 0 amide bonds. The van der Waals surface area contributed by atoms with Crippen molar-refractivity contribution in [2.24, 2.45) is 0 Å². The van der Waals surface area contributed by atoms with Crippen molar-refractivity contribution < 1.29 is 113 Å². The molecule has 139 valence electrons. The zero-order valence-electron chi connectivity index (χ0n) is 15.8. The minimum atomic E-state index is -2.81. The summed E-state index contributed by atoms with van der Waals surface area (Å²) in [6, 6.07) is 19.0. The van der Waals surface area contributed by atoms with Crippen LogP contribution in [0.1, 0.15) is 12.8 Å². The molecular weight excluding hydrogens is 598 g/mol. The molecule has 0 saturated heterocycles. The molecule has 0 bridgehead atoms. The topological polar surface area (TPSA) is 57.5 Å². The Morgan fingerprint density at radius 3 is 1.64 bits per heavy atom. The average Bonchev–Trinajstić information content (AvgIpc) is 2.65. The first-order chi connectivity index (χ1) is 12.0. The summed E-state index contributed by atoms with van der Waals surface area (Å²) in [6.07, 6.45) is 1.73. The van der Waals surface area contributed by atoms with Crippen LogP contribution in [0.5, 0.6) is 0 Å². The number of hydrogen-bond donors (Lipinski definition) is 2. The molecule has 0 heterocycles. The zero-order valence-corrected chi connectivity index (χ0v) is 25.2. The van der Waals surface area contributed by atoms with Gasteiger partial charge in [0.25, 0.3) is 0 Å². The van der Waals surface area contributed by atoms with E-state index < -0.39 is 19.3 Å². The van der Waals surface area contributed by atoms with Gasteiger partial charge in [0.1, 0.15) is 7.14 Å². The first-order valence-electron chi connectivity index (χ1n) is 8.44. The summed E-state index contributed by atoms with van der Waals surface area (Å²) in [6.45, 7) is 3.73. The molecule has 7 heteroatoms. The molecule has 2 unspecified atom stereocenters. The maximum atomic E-state index is 13.9. The standard InChI is InChI=1S/C21H23O3P.3Y/c1-16-20(22)14-17(15-21(16)23)12-13-25(24,18-8-4-2-5-9-18)19-10-6-3-7-11-19;;;/h2-12,20-23H,1,13-15H2;;;. The third-order valence-corrected chi connectivity index (χ3v) is 7.71. The van der Waals surface area contributed by atoms with Gasteiger partial charge in [-0.05, 0) is 18.4 Å². The number of allylic oxidation sites excluding steroid dienone is 1. The van der Waals surface area contributed by atoms with Crippen LogP contribution in [0.25, 0.3) is 0 Å². The SMILES string of the molecule is C=C1C(O)CC(=CCP(=O)(c2ccccc2)c2ccccc2)CC1O.[Y].[Y].[Y]. The molecule has 1 saturated carbocycles. The largest absolute Gasteiger partial charge is 0.388 e. The van der Waals surface area contributed by atoms with Crippen molar-refractivity contribution in [3.8, 4) is 0 Å². The van der Waals surface area contributed by atoms with Crippen molar-refractivity contribution in [1.82, 2.24) is 0 Å². The van der Waals surface area contributed by atoms with E-state index in [0.29, 0.717) is 24.6 Å². The summed E-state index contributed by atoms with van der Waals surface area (Å²) >= 11 is 0. The van der Waals surface area contributed by atoms with E-state index in [9.17, 15) is 14.8 Å². The van der Waals surface area contributed by atoms with Gasteiger partial charge in [-0.15, -0.1) is 0 Å². The fraction of sp³-hybridized carbons (Fsp3) is 0.238. The van der Waals surface area contributed by atoms with Crippen molar-refractivity contribution in [3.63, 3.8) is 0 Å². The Balaban J connectivity index is 0.00000243. The third kappa shape index (κ3) is 7.22. The van der Waals surface area contributed by atoms with Gasteiger partial charge >= 0.3 is 0 Å². The van der Waals surface area contributed by atoms with Crippen LogP contribution in [-0.4, -0.2) is 28.6 Å². The molecule has 1 aliphatic rings. The number of aliphatic hydroxyl groups is 2. The number of hydrogen-bond acceptors (Lipinski definition) is 3. The van der Waals surface area contributed by atoms with Gasteiger partial charge in [-0.3, -0.25) is 0 Å². The summed E-state index contributed by atoms with van der Waals surface area (Å²) in [5, 5.41) is 21.7. The van der Waals surface area contributed by atoms with Crippen LogP contribution in [0.15, 0.2) is 84.5 Å². The molecule has 1 fully saturated rings. The minimum absolute atomic E-state index is 0. The molecule has 0 aromatic heterocycles. The van der Waals surface area contributed by atoms with Gasteiger partial charge in [0.15, 0.2) is 0 Å². The predicted molar refractivity (Wildman–Crippen MR) is 103 cm³/mol. The van der Waals surface area contributed by atoms with Gasteiger partial charge in [-0.1, -0.05) is 78.9 Å². The molecule has 2 aromatic rings. The Labute approximate surface area is 242 Å². The first-order valence-corrected chi connectivity index (χ1v) is 10.3. The van der Waals surface area contributed by atoms with E-state index in [1.807, 2.05) is 66.7 Å².